The highest BCUT2D eigenvalue weighted by molar-refractivity contribution is 6.30. The van der Waals surface area contributed by atoms with Crippen molar-refractivity contribution in [3.8, 4) is 11.5 Å². The van der Waals surface area contributed by atoms with Gasteiger partial charge in [-0.1, -0.05) is 11.6 Å². The summed E-state index contributed by atoms with van der Waals surface area (Å²) >= 11 is 6.10. The summed E-state index contributed by atoms with van der Waals surface area (Å²) in [6.07, 6.45) is 1.77. The molecule has 1 fully saturated rings. The molecule has 166 valence electrons. The van der Waals surface area contributed by atoms with Gasteiger partial charge in [0.25, 0.3) is 0 Å². The van der Waals surface area contributed by atoms with Crippen molar-refractivity contribution in [3.05, 3.63) is 52.8 Å². The normalized spacial score (nSPS) is 18.3. The molecule has 0 saturated carbocycles. The van der Waals surface area contributed by atoms with Crippen LogP contribution < -0.4 is 20.5 Å². The Labute approximate surface area is 184 Å². The molecular weight excluding hydrogens is 425 g/mol. The van der Waals surface area contributed by atoms with Gasteiger partial charge in [0.2, 0.25) is 0 Å². The van der Waals surface area contributed by atoms with Crippen LogP contribution >= 0.6 is 11.6 Å². The number of benzene rings is 2. The van der Waals surface area contributed by atoms with Gasteiger partial charge in [-0.15, -0.1) is 0 Å². The van der Waals surface area contributed by atoms with E-state index in [1.165, 1.54) is 12.1 Å². The first-order chi connectivity index (χ1) is 14.8. The lowest BCUT2D eigenvalue weighted by molar-refractivity contribution is -0.00192. The number of hydrogen-bond acceptors (Lipinski definition) is 5. The summed E-state index contributed by atoms with van der Waals surface area (Å²) in [5.41, 5.74) is 6.31. The molecule has 2 aromatic carbocycles. The van der Waals surface area contributed by atoms with Crippen LogP contribution in [0.4, 0.5) is 14.9 Å². The van der Waals surface area contributed by atoms with E-state index < -0.39 is 18.0 Å². The summed E-state index contributed by atoms with van der Waals surface area (Å²) in [6.45, 7) is 1.95. The third-order valence-corrected chi connectivity index (χ3v) is 5.97. The van der Waals surface area contributed by atoms with Crippen LogP contribution in [0.15, 0.2) is 36.4 Å². The second-order valence-corrected chi connectivity index (χ2v) is 8.55. The van der Waals surface area contributed by atoms with Gasteiger partial charge in [0, 0.05) is 50.0 Å². The fourth-order valence-corrected chi connectivity index (χ4v) is 4.41. The summed E-state index contributed by atoms with van der Waals surface area (Å²) in [5, 5.41) is 13.5. The first-order valence-corrected chi connectivity index (χ1v) is 10.6. The third kappa shape index (κ3) is 5.20. The Morgan fingerprint density at radius 3 is 2.84 bits per heavy atom. The molecule has 0 bridgehead atoms. The Bertz CT molecular complexity index is 966. The number of halogens is 2. The molecule has 0 aromatic heterocycles. The molecule has 4 rings (SSSR count). The number of β-amino-alcohol motifs (C(OH)–C–C–N with tert-alkyl or cyclic N) is 1. The van der Waals surface area contributed by atoms with Gasteiger partial charge in [0.15, 0.2) is 0 Å². The lowest BCUT2D eigenvalue weighted by atomic mass is 9.87. The van der Waals surface area contributed by atoms with Crippen LogP contribution in [0.25, 0.3) is 0 Å². The average molecular weight is 450 g/mol. The van der Waals surface area contributed by atoms with Gasteiger partial charge in [-0.25, -0.2) is 9.18 Å². The third-order valence-electron chi connectivity index (χ3n) is 5.73. The van der Waals surface area contributed by atoms with E-state index in [2.05, 4.69) is 10.2 Å². The number of amides is 2. The van der Waals surface area contributed by atoms with Gasteiger partial charge in [0.05, 0.1) is 5.69 Å². The number of carbonyl (C=O) groups is 1. The van der Waals surface area contributed by atoms with Crippen LogP contribution in [-0.4, -0.2) is 54.0 Å². The Kier molecular flexibility index (Phi) is 6.22. The molecule has 4 N–H and O–H groups in total. The number of piperidine rings is 1. The number of nitrogens with one attached hydrogen (secondary N) is 1. The molecule has 7 nitrogen and oxygen atoms in total. The van der Waals surface area contributed by atoms with E-state index in [4.69, 9.17) is 26.8 Å². The quantitative estimate of drug-likeness (QED) is 0.629. The highest BCUT2D eigenvalue weighted by atomic mass is 35.5. The number of nitrogens with two attached hydrogens (primary N) is 1. The highest BCUT2D eigenvalue weighted by Crippen LogP contribution is 2.41. The number of aliphatic hydroxyl groups excluding tert-OH is 1. The van der Waals surface area contributed by atoms with Crippen molar-refractivity contribution in [2.24, 2.45) is 5.73 Å². The van der Waals surface area contributed by atoms with E-state index in [-0.39, 0.29) is 23.6 Å². The molecule has 1 spiro atoms. The second-order valence-electron chi connectivity index (χ2n) is 8.11. The van der Waals surface area contributed by atoms with Crippen molar-refractivity contribution in [2.45, 2.75) is 31.0 Å². The minimum absolute atomic E-state index is 0.0427. The Balaban J connectivity index is 1.27. The van der Waals surface area contributed by atoms with E-state index in [0.717, 1.165) is 49.7 Å². The van der Waals surface area contributed by atoms with E-state index in [1.54, 1.807) is 0 Å². The topological polar surface area (TPSA) is 97.1 Å². The molecule has 2 aliphatic rings. The number of aliphatic hydroxyl groups is 1. The summed E-state index contributed by atoms with van der Waals surface area (Å²) < 4.78 is 25.3. The molecular formula is C22H25ClFN3O4. The minimum atomic E-state index is -0.780. The van der Waals surface area contributed by atoms with E-state index in [0.29, 0.717) is 11.6 Å². The van der Waals surface area contributed by atoms with Crippen LogP contribution in [0.1, 0.15) is 18.4 Å². The lowest BCUT2D eigenvalue weighted by Crippen LogP contribution is -2.49. The van der Waals surface area contributed by atoms with Crippen LogP contribution in [0.3, 0.4) is 0 Å². The smallest absolute Gasteiger partial charge is 0.316 e. The monoisotopic (exact) mass is 449 g/mol. The van der Waals surface area contributed by atoms with E-state index in [9.17, 15) is 14.3 Å². The van der Waals surface area contributed by atoms with Crippen LogP contribution in [0, 0.1) is 5.82 Å². The molecule has 1 saturated heterocycles. The number of ether oxygens (including phenoxy) is 2. The Morgan fingerprint density at radius 2 is 2.10 bits per heavy atom. The SMILES string of the molecule is NC(=O)Nc1ccc(F)cc1OC[C@H](O)CN1CCC2(CC1)Cc1cc(Cl)ccc1O2. The summed E-state index contributed by atoms with van der Waals surface area (Å²) in [4.78, 5) is 13.3. The van der Waals surface area contributed by atoms with Gasteiger partial charge in [-0.05, 0) is 35.9 Å². The predicted octanol–water partition coefficient (Wildman–Crippen LogP) is 3.18. The zero-order chi connectivity index (χ0) is 22.0. The maximum absolute atomic E-state index is 13.5. The zero-order valence-electron chi connectivity index (χ0n) is 16.9. The fraction of sp³-hybridized carbons (Fsp3) is 0.409. The largest absolute Gasteiger partial charge is 0.489 e. The Hall–Kier alpha value is -2.55. The summed E-state index contributed by atoms with van der Waals surface area (Å²) in [7, 11) is 0. The second kappa shape index (κ2) is 8.90. The van der Waals surface area contributed by atoms with Crippen molar-refractivity contribution < 1.29 is 23.8 Å². The van der Waals surface area contributed by atoms with Gasteiger partial charge in [-0.3, -0.25) is 0 Å². The van der Waals surface area contributed by atoms with Crippen LogP contribution in [0.5, 0.6) is 11.5 Å². The number of rotatable bonds is 6. The molecule has 0 aliphatic carbocycles. The number of anilines is 1. The van der Waals surface area contributed by atoms with Crippen molar-refractivity contribution in [3.63, 3.8) is 0 Å². The molecule has 1 atom stereocenters. The predicted molar refractivity (Wildman–Crippen MR) is 115 cm³/mol. The fourth-order valence-electron chi connectivity index (χ4n) is 4.21. The minimum Gasteiger partial charge on any atom is -0.489 e. The highest BCUT2D eigenvalue weighted by Gasteiger charge is 2.42. The summed E-state index contributed by atoms with van der Waals surface area (Å²) in [6, 6.07) is 8.64. The Morgan fingerprint density at radius 1 is 1.32 bits per heavy atom. The average Bonchev–Trinajstić information content (AvgIpc) is 3.06. The van der Waals surface area contributed by atoms with Gasteiger partial charge < -0.3 is 30.5 Å². The number of urea groups is 1. The molecule has 0 radical (unpaired) electrons. The van der Waals surface area contributed by atoms with Crippen LogP contribution in [0.2, 0.25) is 5.02 Å². The number of primary amides is 1. The maximum Gasteiger partial charge on any atom is 0.316 e. The summed E-state index contributed by atoms with van der Waals surface area (Å²) in [5.74, 6) is 0.507. The number of fused-ring (bicyclic) bond motifs is 1. The molecule has 31 heavy (non-hydrogen) atoms. The molecule has 2 heterocycles. The van der Waals surface area contributed by atoms with Gasteiger partial charge in [-0.2, -0.15) is 0 Å². The van der Waals surface area contributed by atoms with Crippen LogP contribution in [-0.2, 0) is 6.42 Å². The first kappa shape index (κ1) is 21.7. The molecule has 2 amide bonds. The maximum atomic E-state index is 13.5. The first-order valence-electron chi connectivity index (χ1n) is 10.2. The van der Waals surface area contributed by atoms with E-state index in [1.807, 2.05) is 18.2 Å². The van der Waals surface area contributed by atoms with Gasteiger partial charge in [0.1, 0.15) is 35.6 Å². The van der Waals surface area contributed by atoms with Crippen molar-refractivity contribution >= 4 is 23.3 Å². The van der Waals surface area contributed by atoms with Crippen molar-refractivity contribution in [2.75, 3.05) is 31.6 Å². The van der Waals surface area contributed by atoms with E-state index >= 15 is 0 Å². The molecule has 0 unspecified atom stereocenters. The molecule has 2 aliphatic heterocycles. The number of hydrogen-bond donors (Lipinski definition) is 3. The number of likely N-dealkylation sites (tertiary alicyclic amines) is 1. The lowest BCUT2D eigenvalue weighted by Gasteiger charge is -2.39. The zero-order valence-corrected chi connectivity index (χ0v) is 17.7. The number of nitrogens with zero attached hydrogens (tertiary/aromatic N) is 1. The number of carbonyl (C=O) groups excluding carboxylic acids is 1. The van der Waals surface area contributed by atoms with Crippen molar-refractivity contribution in [1.29, 1.82) is 0 Å². The standard InChI is InChI=1S/C22H25ClFN3O4/c23-15-1-4-19-14(9-15)11-22(31-19)5-7-27(8-6-22)12-17(28)13-30-20-10-16(24)2-3-18(20)26-21(25)29/h1-4,9-10,17,28H,5-8,11-13H2,(H3,25,26,29)/t17-/m1/s1. The van der Waals surface area contributed by atoms with Crippen molar-refractivity contribution in [1.82, 2.24) is 4.90 Å². The van der Waals surface area contributed by atoms with Gasteiger partial charge >= 0.3 is 6.03 Å². The molecule has 9 heteroatoms. The molecule has 2 aromatic rings.